The summed E-state index contributed by atoms with van der Waals surface area (Å²) in [5, 5.41) is 0.532. The summed E-state index contributed by atoms with van der Waals surface area (Å²) in [7, 11) is 1.58. The van der Waals surface area contributed by atoms with Crippen molar-refractivity contribution in [1.29, 1.82) is 0 Å². The highest BCUT2D eigenvalue weighted by molar-refractivity contribution is 6.30. The van der Waals surface area contributed by atoms with Gasteiger partial charge in [0.1, 0.15) is 5.75 Å². The van der Waals surface area contributed by atoms with Crippen LogP contribution in [0.3, 0.4) is 0 Å². The van der Waals surface area contributed by atoms with E-state index in [0.717, 1.165) is 11.1 Å². The predicted octanol–water partition coefficient (Wildman–Crippen LogP) is 6.99. The van der Waals surface area contributed by atoms with Gasteiger partial charge in [0.2, 0.25) is 5.78 Å². The van der Waals surface area contributed by atoms with Crippen LogP contribution in [0.4, 0.5) is 0 Å². The van der Waals surface area contributed by atoms with Crippen LogP contribution in [0.1, 0.15) is 26.5 Å². The standard InChI is InChI=1S/C31H23ClN2O3/c1-37-26-18-14-21(15-19-26)27(35)20-34-29(23-10-6-3-7-11-23)28(22-8-4-2-5-9-22)33-31(34)30(36)24-12-16-25(32)17-13-24/h2-19H,20H2,1H3. The largest absolute Gasteiger partial charge is 0.497 e. The van der Waals surface area contributed by atoms with Crippen molar-refractivity contribution in [3.8, 4) is 28.3 Å². The second-order valence-electron chi connectivity index (χ2n) is 8.44. The second kappa shape index (κ2) is 10.6. The number of benzene rings is 4. The molecule has 0 amide bonds. The van der Waals surface area contributed by atoms with Gasteiger partial charge in [-0.05, 0) is 48.5 Å². The van der Waals surface area contributed by atoms with E-state index in [1.54, 1.807) is 60.2 Å². The van der Waals surface area contributed by atoms with Gasteiger partial charge in [0.25, 0.3) is 0 Å². The van der Waals surface area contributed by atoms with Gasteiger partial charge in [-0.3, -0.25) is 9.59 Å². The lowest BCUT2D eigenvalue weighted by molar-refractivity contribution is 0.0967. The lowest BCUT2D eigenvalue weighted by atomic mass is 10.0. The number of halogens is 1. The summed E-state index contributed by atoms with van der Waals surface area (Å²) in [5.41, 5.74) is 3.98. The molecule has 4 aromatic carbocycles. The zero-order valence-electron chi connectivity index (χ0n) is 20.1. The maximum absolute atomic E-state index is 13.8. The Labute approximate surface area is 219 Å². The molecular formula is C31H23ClN2O3. The van der Waals surface area contributed by atoms with Crippen LogP contribution in [0, 0.1) is 0 Å². The van der Waals surface area contributed by atoms with E-state index in [0.29, 0.717) is 33.3 Å². The molecule has 0 aliphatic heterocycles. The number of hydrogen-bond acceptors (Lipinski definition) is 4. The summed E-state index contributed by atoms with van der Waals surface area (Å²) < 4.78 is 6.95. The number of carbonyl (C=O) groups is 2. The molecule has 0 aliphatic carbocycles. The maximum atomic E-state index is 13.8. The Morgan fingerprint density at radius 3 is 1.92 bits per heavy atom. The number of methoxy groups -OCH3 is 1. The quantitative estimate of drug-likeness (QED) is 0.213. The fourth-order valence-electron chi connectivity index (χ4n) is 4.21. The molecule has 0 saturated carbocycles. The van der Waals surface area contributed by atoms with E-state index in [2.05, 4.69) is 0 Å². The average molecular weight is 507 g/mol. The van der Waals surface area contributed by atoms with Crippen LogP contribution < -0.4 is 4.74 Å². The third-order valence-electron chi connectivity index (χ3n) is 6.09. The summed E-state index contributed by atoms with van der Waals surface area (Å²) >= 11 is 6.06. The molecule has 0 bridgehead atoms. The molecule has 0 saturated heterocycles. The van der Waals surface area contributed by atoms with Crippen molar-refractivity contribution < 1.29 is 14.3 Å². The molecule has 0 spiro atoms. The first-order chi connectivity index (χ1) is 18.0. The van der Waals surface area contributed by atoms with Gasteiger partial charge in [-0.1, -0.05) is 72.3 Å². The van der Waals surface area contributed by atoms with E-state index in [9.17, 15) is 9.59 Å². The summed E-state index contributed by atoms with van der Waals surface area (Å²) in [4.78, 5) is 32.1. The lowest BCUT2D eigenvalue weighted by Crippen LogP contribution is -2.18. The van der Waals surface area contributed by atoms with Crippen molar-refractivity contribution in [2.24, 2.45) is 0 Å². The molecule has 0 N–H and O–H groups in total. The Kier molecular flexibility index (Phi) is 6.97. The zero-order valence-corrected chi connectivity index (χ0v) is 20.9. The van der Waals surface area contributed by atoms with E-state index in [1.807, 2.05) is 60.7 Å². The minimum atomic E-state index is -0.293. The smallest absolute Gasteiger partial charge is 0.228 e. The zero-order chi connectivity index (χ0) is 25.8. The molecule has 6 heteroatoms. The third kappa shape index (κ3) is 5.08. The van der Waals surface area contributed by atoms with Gasteiger partial charge in [-0.2, -0.15) is 0 Å². The maximum Gasteiger partial charge on any atom is 0.228 e. The fourth-order valence-corrected chi connectivity index (χ4v) is 4.33. The van der Waals surface area contributed by atoms with Crippen LogP contribution in [0.5, 0.6) is 5.75 Å². The predicted molar refractivity (Wildman–Crippen MR) is 145 cm³/mol. The van der Waals surface area contributed by atoms with Crippen LogP contribution in [0.2, 0.25) is 5.02 Å². The summed E-state index contributed by atoms with van der Waals surface area (Å²) in [6, 6.07) is 32.9. The first-order valence-electron chi connectivity index (χ1n) is 11.7. The van der Waals surface area contributed by atoms with Gasteiger partial charge in [-0.15, -0.1) is 0 Å². The molecule has 37 heavy (non-hydrogen) atoms. The van der Waals surface area contributed by atoms with Crippen LogP contribution in [-0.2, 0) is 6.54 Å². The number of aromatic nitrogens is 2. The molecule has 0 aliphatic rings. The van der Waals surface area contributed by atoms with E-state index in [4.69, 9.17) is 21.3 Å². The van der Waals surface area contributed by atoms with Crippen molar-refractivity contribution in [2.45, 2.75) is 6.54 Å². The van der Waals surface area contributed by atoms with Gasteiger partial charge in [0, 0.05) is 27.3 Å². The first-order valence-corrected chi connectivity index (χ1v) is 12.1. The Hall–Kier alpha value is -4.48. The third-order valence-corrected chi connectivity index (χ3v) is 6.34. The van der Waals surface area contributed by atoms with Crippen molar-refractivity contribution in [3.63, 3.8) is 0 Å². The molecular weight excluding hydrogens is 484 g/mol. The molecule has 0 radical (unpaired) electrons. The highest BCUT2D eigenvalue weighted by Gasteiger charge is 2.26. The van der Waals surface area contributed by atoms with Crippen LogP contribution in [-0.4, -0.2) is 28.2 Å². The average Bonchev–Trinajstić information content (AvgIpc) is 3.33. The molecule has 5 nitrogen and oxygen atoms in total. The van der Waals surface area contributed by atoms with E-state index >= 15 is 0 Å². The molecule has 0 unspecified atom stereocenters. The lowest BCUT2D eigenvalue weighted by Gasteiger charge is -2.13. The number of nitrogens with zero attached hydrogens (tertiary/aromatic N) is 2. The number of Topliss-reactive ketones (excluding diaryl/α,β-unsaturated/α-hetero) is 1. The van der Waals surface area contributed by atoms with Gasteiger partial charge >= 0.3 is 0 Å². The van der Waals surface area contributed by atoms with Gasteiger partial charge in [0.05, 0.1) is 25.0 Å². The number of rotatable bonds is 8. The SMILES string of the molecule is COc1ccc(C(=O)Cn2c(C(=O)c3ccc(Cl)cc3)nc(-c3ccccc3)c2-c2ccccc2)cc1. The summed E-state index contributed by atoms with van der Waals surface area (Å²) in [6.45, 7) is -0.0644. The van der Waals surface area contributed by atoms with Gasteiger partial charge in [0.15, 0.2) is 11.6 Å². The minimum absolute atomic E-state index is 0.0644. The van der Waals surface area contributed by atoms with Crippen LogP contribution >= 0.6 is 11.6 Å². The molecule has 5 rings (SSSR count). The molecule has 5 aromatic rings. The normalized spacial score (nSPS) is 10.8. The highest BCUT2D eigenvalue weighted by Crippen LogP contribution is 2.34. The summed E-state index contributed by atoms with van der Waals surface area (Å²) in [5.74, 6) is 0.400. The number of hydrogen-bond donors (Lipinski definition) is 0. The molecule has 0 atom stereocenters. The van der Waals surface area contributed by atoms with Gasteiger partial charge < -0.3 is 9.30 Å². The monoisotopic (exact) mass is 506 g/mol. The number of ketones is 2. The minimum Gasteiger partial charge on any atom is -0.497 e. The number of carbonyl (C=O) groups excluding carboxylic acids is 2. The molecule has 0 fully saturated rings. The van der Waals surface area contributed by atoms with E-state index in [1.165, 1.54) is 0 Å². The van der Waals surface area contributed by atoms with E-state index in [-0.39, 0.29) is 23.9 Å². The number of ether oxygens (including phenoxy) is 1. The highest BCUT2D eigenvalue weighted by atomic mass is 35.5. The molecule has 1 heterocycles. The first kappa shape index (κ1) is 24.2. The number of imidazole rings is 1. The topological polar surface area (TPSA) is 61.2 Å². The Morgan fingerprint density at radius 1 is 0.757 bits per heavy atom. The van der Waals surface area contributed by atoms with Gasteiger partial charge in [-0.25, -0.2) is 4.98 Å². The molecule has 1 aromatic heterocycles. The molecule has 182 valence electrons. The van der Waals surface area contributed by atoms with Crippen molar-refractivity contribution in [3.05, 3.63) is 131 Å². The Bertz CT molecular complexity index is 1540. The Balaban J connectivity index is 1.70. The fraction of sp³-hybridized carbons (Fsp3) is 0.0645. The van der Waals surface area contributed by atoms with Crippen LogP contribution in [0.15, 0.2) is 109 Å². The van der Waals surface area contributed by atoms with Crippen molar-refractivity contribution in [2.75, 3.05) is 7.11 Å². The van der Waals surface area contributed by atoms with Crippen molar-refractivity contribution >= 4 is 23.2 Å². The van der Waals surface area contributed by atoms with Crippen molar-refractivity contribution in [1.82, 2.24) is 9.55 Å². The summed E-state index contributed by atoms with van der Waals surface area (Å²) in [6.07, 6.45) is 0. The Morgan fingerprint density at radius 2 is 1.32 bits per heavy atom. The van der Waals surface area contributed by atoms with E-state index < -0.39 is 0 Å². The van der Waals surface area contributed by atoms with Crippen LogP contribution in [0.25, 0.3) is 22.5 Å². The second-order valence-corrected chi connectivity index (χ2v) is 8.87.